The summed E-state index contributed by atoms with van der Waals surface area (Å²) in [4.78, 5) is 12.3. The maximum Gasteiger partial charge on any atom is 0.220 e. The minimum absolute atomic E-state index is 0.174. The monoisotopic (exact) mass is 539 g/mol. The standard InChI is InChI=1S/C32H49NO4Si/c1-27(31(33)34)30(38(2,3)29-18-12-9-13-19-29)20-22-32(36-24-25-37-32)21-14-6-4-5-7-15-23-35-26-28-16-10-8-11-17-28/h8-13,16-19,27,30H,4-7,14-15,20-26H2,1-3H3,(H2,33,34)/t27-,30-/m0/s1. The highest BCUT2D eigenvalue weighted by molar-refractivity contribution is 6.91. The van der Waals surface area contributed by atoms with Crippen molar-refractivity contribution < 1.29 is 19.0 Å². The second kappa shape index (κ2) is 15.6. The van der Waals surface area contributed by atoms with Crippen LogP contribution in [0.1, 0.15) is 70.3 Å². The fourth-order valence-electron chi connectivity index (χ4n) is 5.87. The lowest BCUT2D eigenvalue weighted by Gasteiger charge is -2.38. The number of ether oxygens (including phenoxy) is 3. The number of amides is 1. The van der Waals surface area contributed by atoms with E-state index in [1.165, 1.54) is 36.4 Å². The van der Waals surface area contributed by atoms with Crippen LogP contribution in [0.3, 0.4) is 0 Å². The van der Waals surface area contributed by atoms with E-state index in [9.17, 15) is 4.79 Å². The molecule has 1 amide bonds. The summed E-state index contributed by atoms with van der Waals surface area (Å²) < 4.78 is 18.2. The molecule has 6 heteroatoms. The maximum atomic E-state index is 12.3. The number of carbonyl (C=O) groups excluding carboxylic acids is 1. The summed E-state index contributed by atoms with van der Waals surface area (Å²) in [7, 11) is -1.94. The van der Waals surface area contributed by atoms with Crippen LogP contribution in [0.15, 0.2) is 60.7 Å². The second-order valence-electron chi connectivity index (χ2n) is 11.4. The lowest BCUT2D eigenvalue weighted by Crippen LogP contribution is -2.50. The molecule has 1 aliphatic rings. The number of primary amides is 1. The number of benzene rings is 2. The van der Waals surface area contributed by atoms with E-state index in [0.29, 0.717) is 19.8 Å². The molecule has 0 radical (unpaired) electrons. The number of rotatable bonds is 18. The Labute approximate surface area is 231 Å². The molecule has 5 nitrogen and oxygen atoms in total. The van der Waals surface area contributed by atoms with Gasteiger partial charge in [-0.2, -0.15) is 0 Å². The Morgan fingerprint density at radius 1 is 0.895 bits per heavy atom. The van der Waals surface area contributed by atoms with E-state index in [-0.39, 0.29) is 17.4 Å². The molecule has 0 bridgehead atoms. The van der Waals surface area contributed by atoms with Gasteiger partial charge in [0.2, 0.25) is 5.91 Å². The zero-order valence-corrected chi connectivity index (χ0v) is 24.8. The Morgan fingerprint density at radius 3 is 2.11 bits per heavy atom. The minimum atomic E-state index is -1.94. The number of hydrogen-bond acceptors (Lipinski definition) is 4. The van der Waals surface area contributed by atoms with Gasteiger partial charge in [-0.1, -0.05) is 112 Å². The van der Waals surface area contributed by atoms with Crippen LogP contribution in [-0.4, -0.2) is 39.6 Å². The van der Waals surface area contributed by atoms with Crippen LogP contribution >= 0.6 is 0 Å². The molecule has 0 unspecified atom stereocenters. The molecule has 210 valence electrons. The molecule has 0 spiro atoms. The van der Waals surface area contributed by atoms with Crippen molar-refractivity contribution in [1.82, 2.24) is 0 Å². The third-order valence-electron chi connectivity index (χ3n) is 8.35. The lowest BCUT2D eigenvalue weighted by molar-refractivity contribution is -0.169. The predicted molar refractivity (Wildman–Crippen MR) is 158 cm³/mol. The van der Waals surface area contributed by atoms with Crippen molar-refractivity contribution in [2.24, 2.45) is 11.7 Å². The van der Waals surface area contributed by atoms with Crippen LogP contribution in [0.25, 0.3) is 0 Å². The van der Waals surface area contributed by atoms with Gasteiger partial charge in [-0.3, -0.25) is 4.79 Å². The van der Waals surface area contributed by atoms with E-state index in [0.717, 1.165) is 38.7 Å². The molecule has 2 atom stereocenters. The van der Waals surface area contributed by atoms with Crippen molar-refractivity contribution in [2.45, 2.75) is 95.7 Å². The van der Waals surface area contributed by atoms with Crippen molar-refractivity contribution in [3.05, 3.63) is 66.2 Å². The van der Waals surface area contributed by atoms with Gasteiger partial charge < -0.3 is 19.9 Å². The topological polar surface area (TPSA) is 70.8 Å². The molecule has 2 aromatic carbocycles. The van der Waals surface area contributed by atoms with Gasteiger partial charge in [0, 0.05) is 25.4 Å². The van der Waals surface area contributed by atoms with Crippen molar-refractivity contribution in [1.29, 1.82) is 0 Å². The lowest BCUT2D eigenvalue weighted by atomic mass is 9.96. The zero-order chi connectivity index (χ0) is 27.3. The molecule has 1 saturated heterocycles. The number of hydrogen-bond donors (Lipinski definition) is 1. The second-order valence-corrected chi connectivity index (χ2v) is 16.2. The number of unbranched alkanes of at least 4 members (excludes halogenated alkanes) is 5. The highest BCUT2D eigenvalue weighted by Gasteiger charge is 2.42. The Hall–Kier alpha value is -1.99. The highest BCUT2D eigenvalue weighted by atomic mass is 28.3. The first-order valence-electron chi connectivity index (χ1n) is 14.6. The van der Waals surface area contributed by atoms with Gasteiger partial charge in [0.25, 0.3) is 0 Å². The Kier molecular flexibility index (Phi) is 12.5. The third-order valence-corrected chi connectivity index (χ3v) is 12.8. The van der Waals surface area contributed by atoms with Crippen LogP contribution in [-0.2, 0) is 25.6 Å². The summed E-state index contributed by atoms with van der Waals surface area (Å²) >= 11 is 0. The first kappa shape index (κ1) is 30.5. The third kappa shape index (κ3) is 9.33. The summed E-state index contributed by atoms with van der Waals surface area (Å²) in [6.45, 7) is 9.56. The predicted octanol–water partition coefficient (Wildman–Crippen LogP) is 6.56. The van der Waals surface area contributed by atoms with E-state index in [2.05, 4.69) is 67.7 Å². The molecule has 1 heterocycles. The van der Waals surface area contributed by atoms with Gasteiger partial charge in [0.05, 0.1) is 27.9 Å². The summed E-state index contributed by atoms with van der Waals surface area (Å²) in [5, 5.41) is 1.37. The molecule has 1 aliphatic heterocycles. The van der Waals surface area contributed by atoms with Gasteiger partial charge in [-0.25, -0.2) is 0 Å². The Morgan fingerprint density at radius 2 is 1.47 bits per heavy atom. The van der Waals surface area contributed by atoms with Crippen molar-refractivity contribution in [2.75, 3.05) is 19.8 Å². The summed E-state index contributed by atoms with van der Waals surface area (Å²) in [6, 6.07) is 21.0. The van der Waals surface area contributed by atoms with E-state index < -0.39 is 13.9 Å². The minimum Gasteiger partial charge on any atom is -0.377 e. The molecule has 0 aliphatic carbocycles. The molecule has 2 aromatic rings. The number of nitrogens with two attached hydrogens (primary N) is 1. The first-order valence-corrected chi connectivity index (χ1v) is 17.7. The van der Waals surface area contributed by atoms with Gasteiger partial charge >= 0.3 is 0 Å². The zero-order valence-electron chi connectivity index (χ0n) is 23.8. The number of carbonyl (C=O) groups is 1. The maximum absolute atomic E-state index is 12.3. The van der Waals surface area contributed by atoms with Crippen molar-refractivity contribution >= 4 is 19.2 Å². The Balaban J connectivity index is 1.40. The molecule has 38 heavy (non-hydrogen) atoms. The van der Waals surface area contributed by atoms with Crippen LogP contribution in [0.4, 0.5) is 0 Å². The van der Waals surface area contributed by atoms with Gasteiger partial charge in [0.15, 0.2) is 5.79 Å². The molecule has 1 fully saturated rings. The molecule has 2 N–H and O–H groups in total. The van der Waals surface area contributed by atoms with Crippen LogP contribution in [0.5, 0.6) is 0 Å². The van der Waals surface area contributed by atoms with E-state index in [1.807, 2.05) is 13.0 Å². The molecular formula is C32H49NO4Si. The summed E-state index contributed by atoms with van der Waals surface area (Å²) in [5.74, 6) is -0.895. The van der Waals surface area contributed by atoms with Gasteiger partial charge in [-0.05, 0) is 30.4 Å². The quantitative estimate of drug-likeness (QED) is 0.172. The van der Waals surface area contributed by atoms with Crippen LogP contribution in [0.2, 0.25) is 18.6 Å². The Bertz CT molecular complexity index is 931. The van der Waals surface area contributed by atoms with Crippen molar-refractivity contribution in [3.8, 4) is 0 Å². The molecular weight excluding hydrogens is 490 g/mol. The average molecular weight is 540 g/mol. The van der Waals surface area contributed by atoms with E-state index >= 15 is 0 Å². The smallest absolute Gasteiger partial charge is 0.220 e. The first-order chi connectivity index (χ1) is 18.3. The SMILES string of the molecule is C[C@H](C(N)=O)[C@H](CCC1(CCCCCCCCOCc2ccccc2)OCCO1)[Si](C)(C)c1ccccc1. The average Bonchev–Trinajstić information content (AvgIpc) is 3.39. The van der Waals surface area contributed by atoms with Gasteiger partial charge in [-0.15, -0.1) is 0 Å². The summed E-state index contributed by atoms with van der Waals surface area (Å²) in [6.07, 6.45) is 9.69. The van der Waals surface area contributed by atoms with Gasteiger partial charge in [0.1, 0.15) is 0 Å². The van der Waals surface area contributed by atoms with Crippen LogP contribution < -0.4 is 10.9 Å². The fourth-order valence-corrected chi connectivity index (χ4v) is 9.63. The normalized spacial score (nSPS) is 16.8. The van der Waals surface area contributed by atoms with E-state index in [4.69, 9.17) is 19.9 Å². The highest BCUT2D eigenvalue weighted by Crippen LogP contribution is 2.40. The van der Waals surface area contributed by atoms with Crippen LogP contribution in [0, 0.1) is 5.92 Å². The molecule has 0 aromatic heterocycles. The fraction of sp³-hybridized carbons (Fsp3) is 0.594. The molecule has 0 saturated carbocycles. The van der Waals surface area contributed by atoms with Crippen molar-refractivity contribution in [3.63, 3.8) is 0 Å². The molecule has 3 rings (SSSR count). The largest absolute Gasteiger partial charge is 0.377 e. The summed E-state index contributed by atoms with van der Waals surface area (Å²) in [5.41, 5.74) is 7.30. The van der Waals surface area contributed by atoms with E-state index in [1.54, 1.807) is 0 Å².